The summed E-state index contributed by atoms with van der Waals surface area (Å²) in [5.74, 6) is 3.77. The molecule has 2 aromatic rings. The summed E-state index contributed by atoms with van der Waals surface area (Å²) in [6.45, 7) is 24.3. The van der Waals surface area contributed by atoms with Crippen LogP contribution in [0.1, 0.15) is 103 Å². The molecule has 0 radical (unpaired) electrons. The van der Waals surface area contributed by atoms with Crippen LogP contribution in [0.5, 0.6) is 0 Å². The molecule has 226 valence electrons. The Labute approximate surface area is 245 Å². The Balaban J connectivity index is 0.000000752. The van der Waals surface area contributed by atoms with Gasteiger partial charge in [-0.15, -0.1) is 0 Å². The number of hydrogen-bond acceptors (Lipinski definition) is 3. The molecule has 0 aromatic heterocycles. The zero-order chi connectivity index (χ0) is 30.8. The van der Waals surface area contributed by atoms with Crippen LogP contribution in [0.25, 0.3) is 6.08 Å². The highest BCUT2D eigenvalue weighted by Crippen LogP contribution is 2.22. The second kappa shape index (κ2) is 20.3. The van der Waals surface area contributed by atoms with Crippen LogP contribution in [0.4, 0.5) is 10.2 Å². The van der Waals surface area contributed by atoms with Gasteiger partial charge in [-0.1, -0.05) is 114 Å². The molecule has 0 saturated heterocycles. The minimum atomic E-state index is 0.317. The van der Waals surface area contributed by atoms with Crippen molar-refractivity contribution >= 4 is 11.8 Å². The Morgan fingerprint density at radius 2 is 1.48 bits per heavy atom. The summed E-state index contributed by atoms with van der Waals surface area (Å²) in [5, 5.41) is 5.50. The number of ether oxygens (including phenoxy) is 1. The van der Waals surface area contributed by atoms with Gasteiger partial charge in [0, 0.05) is 17.7 Å². The number of rotatable bonds is 12. The Morgan fingerprint density at radius 1 is 0.875 bits per heavy atom. The molecule has 0 bridgehead atoms. The second-order valence-corrected chi connectivity index (χ2v) is 12.6. The first-order valence-electron chi connectivity index (χ1n) is 14.9. The molecule has 2 aromatic carbocycles. The molecule has 3 N–H and O–H groups in total. The predicted octanol–water partition coefficient (Wildman–Crippen LogP) is 10.2. The molecule has 40 heavy (non-hydrogen) atoms. The largest absolute Gasteiger partial charge is 0.495 e. The van der Waals surface area contributed by atoms with Gasteiger partial charge in [0.2, 0.25) is 0 Å². The number of benzene rings is 2. The summed E-state index contributed by atoms with van der Waals surface area (Å²) in [6, 6.07) is 12.9. The summed E-state index contributed by atoms with van der Waals surface area (Å²) >= 11 is 0. The predicted molar refractivity (Wildman–Crippen MR) is 174 cm³/mol. The van der Waals surface area contributed by atoms with Crippen molar-refractivity contribution in [1.82, 2.24) is 0 Å². The highest BCUT2D eigenvalue weighted by atomic mass is 19.3. The van der Waals surface area contributed by atoms with Crippen LogP contribution in [0.2, 0.25) is 0 Å². The summed E-state index contributed by atoms with van der Waals surface area (Å²) in [5.41, 5.74) is 13.6. The zero-order valence-electron chi connectivity index (χ0n) is 27.2. The van der Waals surface area contributed by atoms with Gasteiger partial charge < -0.3 is 10.5 Å². The number of allylic oxidation sites excluding steroid dienone is 3. The topological polar surface area (TPSA) is 55.5 Å². The van der Waals surface area contributed by atoms with E-state index in [-0.39, 0.29) is 0 Å². The minimum absolute atomic E-state index is 0.317. The van der Waals surface area contributed by atoms with Gasteiger partial charge >= 0.3 is 0 Å². The van der Waals surface area contributed by atoms with Crippen LogP contribution in [-0.4, -0.2) is 11.4 Å². The highest BCUT2D eigenvalue weighted by Gasteiger charge is 2.12. The first kappa shape index (κ1) is 37.4. The normalized spacial score (nSPS) is 12.5. The van der Waals surface area contributed by atoms with Gasteiger partial charge in [-0.05, 0) is 87.0 Å². The molecule has 3 nitrogen and oxygen atoms in total. The molecule has 1 atom stereocenters. The Bertz CT molecular complexity index is 1000. The van der Waals surface area contributed by atoms with E-state index in [0.717, 1.165) is 31.4 Å². The molecule has 0 amide bonds. The Hall–Kier alpha value is -2.59. The fourth-order valence-corrected chi connectivity index (χ4v) is 4.28. The lowest BCUT2D eigenvalue weighted by atomic mass is 9.96. The SMILES string of the molecule is CC(C)C/C=C(/CC(C)C)O[C@@H](C)C(C)C.Cc1cc(C)cc(C/C=C\c2c(N)cccc2CC(C)C)c1.OF. The van der Waals surface area contributed by atoms with Gasteiger partial charge in [0.1, 0.15) is 0 Å². The van der Waals surface area contributed by atoms with Gasteiger partial charge in [0.25, 0.3) is 0 Å². The lowest BCUT2D eigenvalue weighted by molar-refractivity contribution is -0.0441. The second-order valence-electron chi connectivity index (χ2n) is 12.6. The third-order valence-electron chi connectivity index (χ3n) is 6.48. The van der Waals surface area contributed by atoms with Gasteiger partial charge in [-0.3, -0.25) is 0 Å². The third kappa shape index (κ3) is 16.5. The van der Waals surface area contributed by atoms with Crippen LogP contribution in [0.3, 0.4) is 0 Å². The van der Waals surface area contributed by atoms with Crippen LogP contribution in [0, 0.1) is 37.5 Å². The molecule has 0 unspecified atom stereocenters. The summed E-state index contributed by atoms with van der Waals surface area (Å²) in [4.78, 5) is 0. The van der Waals surface area contributed by atoms with E-state index in [2.05, 4.69) is 119 Å². The van der Waals surface area contributed by atoms with Gasteiger partial charge in [0.05, 0.1) is 11.9 Å². The molecule has 0 spiro atoms. The van der Waals surface area contributed by atoms with Gasteiger partial charge in [-0.2, -0.15) is 0 Å². The zero-order valence-corrected chi connectivity index (χ0v) is 27.2. The van der Waals surface area contributed by atoms with Crippen molar-refractivity contribution < 1.29 is 14.6 Å². The Kier molecular flexibility index (Phi) is 19.0. The van der Waals surface area contributed by atoms with Crippen molar-refractivity contribution in [2.45, 2.75) is 108 Å². The van der Waals surface area contributed by atoms with Crippen molar-refractivity contribution in [1.29, 1.82) is 0 Å². The van der Waals surface area contributed by atoms with Crippen LogP contribution in [-0.2, 0) is 17.6 Å². The summed E-state index contributed by atoms with van der Waals surface area (Å²) in [7, 11) is 0. The average Bonchev–Trinajstić information content (AvgIpc) is 2.84. The number of nitrogens with two attached hydrogens (primary N) is 1. The molecule has 0 aliphatic rings. The molecule has 0 heterocycles. The molecule has 0 aliphatic heterocycles. The molecular formula is C36H58FNO2. The van der Waals surface area contributed by atoms with Crippen LogP contribution >= 0.6 is 0 Å². The highest BCUT2D eigenvalue weighted by molar-refractivity contribution is 5.68. The van der Waals surface area contributed by atoms with Crippen molar-refractivity contribution in [3.8, 4) is 0 Å². The minimum Gasteiger partial charge on any atom is -0.495 e. The van der Waals surface area contributed by atoms with Crippen LogP contribution < -0.4 is 5.73 Å². The maximum absolute atomic E-state index is 8.50. The van der Waals surface area contributed by atoms with Crippen molar-refractivity contribution in [3.63, 3.8) is 0 Å². The van der Waals surface area contributed by atoms with E-state index in [1.165, 1.54) is 33.6 Å². The van der Waals surface area contributed by atoms with E-state index in [0.29, 0.717) is 29.8 Å². The molecule has 0 saturated carbocycles. The number of halogens is 1. The lowest BCUT2D eigenvalue weighted by Crippen LogP contribution is -2.16. The van der Waals surface area contributed by atoms with E-state index < -0.39 is 0 Å². The third-order valence-corrected chi connectivity index (χ3v) is 6.48. The molecular weight excluding hydrogens is 497 g/mol. The first-order valence-corrected chi connectivity index (χ1v) is 14.9. The summed E-state index contributed by atoms with van der Waals surface area (Å²) < 4.78 is 14.5. The lowest BCUT2D eigenvalue weighted by Gasteiger charge is -2.22. The van der Waals surface area contributed by atoms with Crippen LogP contribution in [0.15, 0.2) is 54.3 Å². The molecule has 0 fully saturated rings. The molecule has 0 aliphatic carbocycles. The average molecular weight is 556 g/mol. The summed E-state index contributed by atoms with van der Waals surface area (Å²) in [6.07, 6.45) is 11.2. The molecule has 4 heteroatoms. The van der Waals surface area contributed by atoms with Gasteiger partial charge in [0.15, 0.2) is 0 Å². The smallest absolute Gasteiger partial charge is 0.0977 e. The quantitative estimate of drug-likeness (QED) is 0.202. The monoisotopic (exact) mass is 555 g/mol. The van der Waals surface area contributed by atoms with E-state index in [1.807, 2.05) is 12.1 Å². The number of anilines is 1. The maximum Gasteiger partial charge on any atom is 0.0977 e. The molecule has 2 rings (SSSR count). The van der Waals surface area contributed by atoms with E-state index in [9.17, 15) is 0 Å². The standard InChI is InChI=1S/C21H27N.C15H30O.FHO/c1-15(2)11-19-8-6-10-21(22)20(19)9-5-7-18-13-16(3)12-17(4)14-18;1-11(2)8-9-15(10-12(3)4)16-14(7)13(5)6;1-2/h5-6,8-10,12-15H,7,11,22H2,1-4H3;9,11-14H,8,10H2,1-7H3;2H/b9-5-;15-9-;/t;14-;/m.0./s1. The van der Waals surface area contributed by atoms with Crippen molar-refractivity contribution in [3.05, 3.63) is 82.1 Å². The fraction of sp³-hybridized carbons (Fsp3) is 0.556. The van der Waals surface area contributed by atoms with E-state index in [1.54, 1.807) is 0 Å². The van der Waals surface area contributed by atoms with Crippen molar-refractivity contribution in [2.24, 2.45) is 23.7 Å². The Morgan fingerprint density at radius 3 is 1.98 bits per heavy atom. The van der Waals surface area contributed by atoms with E-state index >= 15 is 0 Å². The number of hydrogen-bond donors (Lipinski definition) is 2. The van der Waals surface area contributed by atoms with Gasteiger partial charge in [-0.25, -0.2) is 5.31 Å². The van der Waals surface area contributed by atoms with Crippen molar-refractivity contribution in [2.75, 3.05) is 5.73 Å². The number of aryl methyl sites for hydroxylation is 2. The number of nitrogen functional groups attached to an aromatic ring is 1. The fourth-order valence-electron chi connectivity index (χ4n) is 4.28. The maximum atomic E-state index is 8.50. The first-order chi connectivity index (χ1) is 18.8. The van der Waals surface area contributed by atoms with E-state index in [4.69, 9.17) is 20.3 Å².